The van der Waals surface area contributed by atoms with E-state index in [1.165, 1.54) is 35.1 Å². The predicted octanol–water partition coefficient (Wildman–Crippen LogP) is 3.50. The maximum atomic E-state index is 6.15. The van der Waals surface area contributed by atoms with Crippen molar-refractivity contribution in [2.45, 2.75) is 37.9 Å². The summed E-state index contributed by atoms with van der Waals surface area (Å²) in [5, 5.41) is 0. The summed E-state index contributed by atoms with van der Waals surface area (Å²) >= 11 is 0. The van der Waals surface area contributed by atoms with Gasteiger partial charge in [0.05, 0.1) is 0 Å². The van der Waals surface area contributed by atoms with Crippen molar-refractivity contribution in [1.29, 1.82) is 0 Å². The van der Waals surface area contributed by atoms with Crippen molar-refractivity contribution in [3.63, 3.8) is 0 Å². The Hall–Kier alpha value is -1.64. The lowest BCUT2D eigenvalue weighted by Crippen LogP contribution is -2.37. The Bertz CT molecular complexity index is 659. The number of nitrogens with two attached hydrogens (primary N) is 1. The molecule has 108 valence electrons. The van der Waals surface area contributed by atoms with Crippen LogP contribution in [0.3, 0.4) is 0 Å². The normalized spacial score (nSPS) is 23.0. The van der Waals surface area contributed by atoms with E-state index in [1.54, 1.807) is 0 Å². The van der Waals surface area contributed by atoms with Gasteiger partial charge < -0.3 is 5.73 Å². The Morgan fingerprint density at radius 1 is 1.10 bits per heavy atom. The average molecular weight is 278 g/mol. The number of nitrogens with zero attached hydrogens (tertiary/aromatic N) is 1. The molecule has 2 nitrogen and oxygen atoms in total. The number of hydrogen-bond donors (Lipinski definition) is 1. The van der Waals surface area contributed by atoms with Crippen LogP contribution in [0.25, 0.3) is 0 Å². The Kier molecular flexibility index (Phi) is 2.91. The molecular formula is C19H22N2. The first-order chi connectivity index (χ1) is 10.3. The van der Waals surface area contributed by atoms with Gasteiger partial charge in [0.25, 0.3) is 0 Å². The first-order valence-electron chi connectivity index (χ1n) is 7.87. The quantitative estimate of drug-likeness (QED) is 0.931. The van der Waals surface area contributed by atoms with Crippen molar-refractivity contribution in [3.05, 3.63) is 70.8 Å². The van der Waals surface area contributed by atoms with E-state index >= 15 is 0 Å². The third-order valence-corrected chi connectivity index (χ3v) is 5.32. The summed E-state index contributed by atoms with van der Waals surface area (Å²) in [6, 6.07) is 18.0. The van der Waals surface area contributed by atoms with Gasteiger partial charge in [-0.2, -0.15) is 0 Å². The fraction of sp³-hybridized carbons (Fsp3) is 0.368. The van der Waals surface area contributed by atoms with Gasteiger partial charge in [0.15, 0.2) is 0 Å². The largest absolute Gasteiger partial charge is 0.329 e. The minimum absolute atomic E-state index is 0.219. The second-order valence-electron chi connectivity index (χ2n) is 6.42. The average Bonchev–Trinajstić information content (AvgIpc) is 3.24. The zero-order valence-electron chi connectivity index (χ0n) is 12.5. The van der Waals surface area contributed by atoms with Gasteiger partial charge in [0.2, 0.25) is 0 Å². The van der Waals surface area contributed by atoms with Crippen LogP contribution in [0.15, 0.2) is 48.5 Å². The van der Waals surface area contributed by atoms with Gasteiger partial charge in [0.1, 0.15) is 0 Å². The maximum absolute atomic E-state index is 6.15. The Labute approximate surface area is 126 Å². The molecule has 1 saturated carbocycles. The highest BCUT2D eigenvalue weighted by Crippen LogP contribution is 2.56. The van der Waals surface area contributed by atoms with E-state index in [0.29, 0.717) is 12.6 Å². The van der Waals surface area contributed by atoms with E-state index in [9.17, 15) is 0 Å². The molecule has 1 aliphatic carbocycles. The first-order valence-corrected chi connectivity index (χ1v) is 7.87. The van der Waals surface area contributed by atoms with E-state index in [0.717, 1.165) is 6.54 Å². The second-order valence-corrected chi connectivity index (χ2v) is 6.42. The molecule has 0 spiro atoms. The minimum atomic E-state index is 0.219. The number of benzene rings is 2. The van der Waals surface area contributed by atoms with Crippen LogP contribution < -0.4 is 5.73 Å². The molecule has 1 fully saturated rings. The van der Waals surface area contributed by atoms with Crippen LogP contribution in [0.5, 0.6) is 0 Å². The van der Waals surface area contributed by atoms with Crippen LogP contribution in [0, 0.1) is 6.92 Å². The second kappa shape index (κ2) is 4.69. The van der Waals surface area contributed by atoms with Gasteiger partial charge >= 0.3 is 0 Å². The molecule has 2 N–H and O–H groups in total. The lowest BCUT2D eigenvalue weighted by Gasteiger charge is -2.33. The molecule has 1 unspecified atom stereocenters. The number of aryl methyl sites for hydroxylation is 1. The fourth-order valence-electron chi connectivity index (χ4n) is 4.01. The van der Waals surface area contributed by atoms with Crippen LogP contribution in [0.1, 0.15) is 41.1 Å². The van der Waals surface area contributed by atoms with Gasteiger partial charge in [-0.15, -0.1) is 0 Å². The topological polar surface area (TPSA) is 29.3 Å². The van der Waals surface area contributed by atoms with E-state index in [4.69, 9.17) is 5.73 Å². The number of hydrogen-bond acceptors (Lipinski definition) is 2. The third-order valence-electron chi connectivity index (χ3n) is 5.32. The zero-order chi connectivity index (χ0) is 14.4. The molecule has 2 aromatic carbocycles. The van der Waals surface area contributed by atoms with Crippen molar-refractivity contribution in [2.75, 3.05) is 6.54 Å². The molecule has 21 heavy (non-hydrogen) atoms. The molecule has 2 aromatic rings. The Morgan fingerprint density at radius 2 is 1.86 bits per heavy atom. The molecule has 0 saturated heterocycles. The van der Waals surface area contributed by atoms with Gasteiger partial charge in [-0.25, -0.2) is 0 Å². The SMILES string of the molecule is Cc1cccc2c1CN(C1(c3ccccc3)CC1)C2CN. The lowest BCUT2D eigenvalue weighted by atomic mass is 9.99. The van der Waals surface area contributed by atoms with Gasteiger partial charge in [-0.1, -0.05) is 48.5 Å². The van der Waals surface area contributed by atoms with Gasteiger partial charge in [-0.05, 0) is 42.0 Å². The highest BCUT2D eigenvalue weighted by molar-refractivity contribution is 5.43. The molecule has 0 bridgehead atoms. The van der Waals surface area contributed by atoms with E-state index in [-0.39, 0.29) is 5.54 Å². The summed E-state index contributed by atoms with van der Waals surface area (Å²) in [5.41, 5.74) is 12.2. The third kappa shape index (κ3) is 1.86. The number of rotatable bonds is 3. The fourth-order valence-corrected chi connectivity index (χ4v) is 4.01. The Balaban J connectivity index is 1.76. The van der Waals surface area contributed by atoms with Crippen molar-refractivity contribution < 1.29 is 0 Å². The first kappa shape index (κ1) is 13.1. The van der Waals surface area contributed by atoms with Crippen LogP contribution in [-0.4, -0.2) is 11.4 Å². The van der Waals surface area contributed by atoms with Gasteiger partial charge in [0, 0.05) is 24.7 Å². The summed E-state index contributed by atoms with van der Waals surface area (Å²) in [5.74, 6) is 0. The monoisotopic (exact) mass is 278 g/mol. The van der Waals surface area contributed by atoms with Crippen LogP contribution >= 0.6 is 0 Å². The van der Waals surface area contributed by atoms with Gasteiger partial charge in [-0.3, -0.25) is 4.90 Å². The van der Waals surface area contributed by atoms with Crippen LogP contribution in [0.2, 0.25) is 0 Å². The van der Waals surface area contributed by atoms with E-state index in [2.05, 4.69) is 60.4 Å². The van der Waals surface area contributed by atoms with E-state index < -0.39 is 0 Å². The van der Waals surface area contributed by atoms with Crippen molar-refractivity contribution in [2.24, 2.45) is 5.73 Å². The molecule has 1 aliphatic heterocycles. The molecule has 2 heteroatoms. The predicted molar refractivity (Wildman–Crippen MR) is 85.9 cm³/mol. The molecular weight excluding hydrogens is 256 g/mol. The van der Waals surface area contributed by atoms with Crippen LogP contribution in [0.4, 0.5) is 0 Å². The van der Waals surface area contributed by atoms with Crippen LogP contribution in [-0.2, 0) is 12.1 Å². The van der Waals surface area contributed by atoms with E-state index in [1.807, 2.05) is 0 Å². The summed E-state index contributed by atoms with van der Waals surface area (Å²) in [4.78, 5) is 2.65. The molecule has 0 radical (unpaired) electrons. The standard InChI is InChI=1S/C19H22N2/c1-14-6-5-9-16-17(14)13-21(18(16)12-20)19(10-11-19)15-7-3-2-4-8-15/h2-9,18H,10-13,20H2,1H3. The van der Waals surface area contributed by atoms with Crippen molar-refractivity contribution in [1.82, 2.24) is 4.90 Å². The lowest BCUT2D eigenvalue weighted by molar-refractivity contribution is 0.129. The summed E-state index contributed by atoms with van der Waals surface area (Å²) in [6.45, 7) is 3.96. The molecule has 1 heterocycles. The highest BCUT2D eigenvalue weighted by atomic mass is 15.3. The molecule has 2 aliphatic rings. The van der Waals surface area contributed by atoms with Crippen molar-refractivity contribution in [3.8, 4) is 0 Å². The van der Waals surface area contributed by atoms with Crippen molar-refractivity contribution >= 4 is 0 Å². The molecule has 4 rings (SSSR count). The summed E-state index contributed by atoms with van der Waals surface area (Å²) in [6.07, 6.45) is 2.50. The summed E-state index contributed by atoms with van der Waals surface area (Å²) < 4.78 is 0. The number of fused-ring (bicyclic) bond motifs is 1. The highest BCUT2D eigenvalue weighted by Gasteiger charge is 2.53. The minimum Gasteiger partial charge on any atom is -0.329 e. The Morgan fingerprint density at radius 3 is 2.52 bits per heavy atom. The zero-order valence-corrected chi connectivity index (χ0v) is 12.5. The molecule has 1 atom stereocenters. The molecule has 0 aromatic heterocycles. The smallest absolute Gasteiger partial charge is 0.0486 e. The summed E-state index contributed by atoms with van der Waals surface area (Å²) in [7, 11) is 0. The molecule has 0 amide bonds. The maximum Gasteiger partial charge on any atom is 0.0486 e.